The van der Waals surface area contributed by atoms with Gasteiger partial charge in [0.15, 0.2) is 0 Å². The van der Waals surface area contributed by atoms with Gasteiger partial charge in [0.2, 0.25) is 0 Å². The van der Waals surface area contributed by atoms with Crippen LogP contribution in [0.4, 0.5) is 11.4 Å². The molecular formula is C14H20N2O2. The van der Waals surface area contributed by atoms with Gasteiger partial charge in [-0.3, -0.25) is 4.79 Å². The number of carboxylic acid groups (broad SMARTS) is 1. The van der Waals surface area contributed by atoms with Crippen molar-refractivity contribution in [3.63, 3.8) is 0 Å². The summed E-state index contributed by atoms with van der Waals surface area (Å²) in [5, 5.41) is 8.85. The minimum absolute atomic E-state index is 0.192. The Morgan fingerprint density at radius 2 is 2.17 bits per heavy atom. The van der Waals surface area contributed by atoms with Crippen LogP contribution in [0.3, 0.4) is 0 Å². The fourth-order valence-electron chi connectivity index (χ4n) is 2.55. The minimum atomic E-state index is -0.734. The van der Waals surface area contributed by atoms with Crippen molar-refractivity contribution < 1.29 is 9.90 Å². The molecule has 4 nitrogen and oxygen atoms in total. The fourth-order valence-corrected chi connectivity index (χ4v) is 2.55. The maximum Gasteiger partial charge on any atom is 0.305 e. The predicted octanol–water partition coefficient (Wildman–Crippen LogP) is 2.12. The lowest BCUT2D eigenvalue weighted by Crippen LogP contribution is -2.27. The van der Waals surface area contributed by atoms with E-state index in [9.17, 15) is 4.79 Å². The van der Waals surface area contributed by atoms with Crippen LogP contribution < -0.4 is 9.80 Å². The van der Waals surface area contributed by atoms with Crippen molar-refractivity contribution in [3.8, 4) is 0 Å². The molecule has 0 aliphatic carbocycles. The van der Waals surface area contributed by atoms with Crippen molar-refractivity contribution in [2.45, 2.75) is 19.8 Å². The molecule has 0 spiro atoms. The van der Waals surface area contributed by atoms with Gasteiger partial charge in [0.05, 0.1) is 17.8 Å². The van der Waals surface area contributed by atoms with Crippen LogP contribution in [0.15, 0.2) is 18.2 Å². The molecule has 0 fully saturated rings. The van der Waals surface area contributed by atoms with Crippen molar-refractivity contribution in [2.75, 3.05) is 36.5 Å². The summed E-state index contributed by atoms with van der Waals surface area (Å²) in [6, 6.07) is 6.26. The second-order valence-electron chi connectivity index (χ2n) is 4.85. The Balaban J connectivity index is 2.32. The summed E-state index contributed by atoms with van der Waals surface area (Å²) in [6.45, 7) is 4.61. The first-order chi connectivity index (χ1) is 8.59. The van der Waals surface area contributed by atoms with E-state index in [1.54, 1.807) is 0 Å². The molecule has 1 heterocycles. The standard InChI is InChI=1S/C14H20N2O2/c1-11-5-3-6-12-14(11)16(10-7-13(17)18)9-4-8-15(12)2/h3,5-6H,4,7-10H2,1-2H3,(H,17,18). The van der Waals surface area contributed by atoms with Gasteiger partial charge in [0.1, 0.15) is 0 Å². The average Bonchev–Trinajstić information content (AvgIpc) is 2.48. The third-order valence-electron chi connectivity index (χ3n) is 3.46. The Bertz CT molecular complexity index is 445. The summed E-state index contributed by atoms with van der Waals surface area (Å²) in [6.07, 6.45) is 1.25. The van der Waals surface area contributed by atoms with Gasteiger partial charge in [-0.25, -0.2) is 0 Å². The zero-order chi connectivity index (χ0) is 13.1. The van der Waals surface area contributed by atoms with E-state index in [4.69, 9.17) is 5.11 Å². The van der Waals surface area contributed by atoms with Crippen molar-refractivity contribution in [2.24, 2.45) is 0 Å². The summed E-state index contributed by atoms with van der Waals surface area (Å²) in [5.74, 6) is -0.734. The lowest BCUT2D eigenvalue weighted by molar-refractivity contribution is -0.136. The normalized spacial score (nSPS) is 15.2. The van der Waals surface area contributed by atoms with Gasteiger partial charge in [0, 0.05) is 26.7 Å². The first kappa shape index (κ1) is 12.7. The molecule has 1 aliphatic rings. The number of para-hydroxylation sites is 1. The predicted molar refractivity (Wildman–Crippen MR) is 73.5 cm³/mol. The molecule has 98 valence electrons. The molecule has 1 N–H and O–H groups in total. The van der Waals surface area contributed by atoms with Crippen LogP contribution in [0.1, 0.15) is 18.4 Å². The summed E-state index contributed by atoms with van der Waals surface area (Å²) in [7, 11) is 2.10. The molecular weight excluding hydrogens is 228 g/mol. The Labute approximate surface area is 108 Å². The maximum atomic E-state index is 10.8. The number of hydrogen-bond acceptors (Lipinski definition) is 3. The Hall–Kier alpha value is -1.71. The minimum Gasteiger partial charge on any atom is -0.481 e. The summed E-state index contributed by atoms with van der Waals surface area (Å²) in [5.41, 5.74) is 3.61. The quantitative estimate of drug-likeness (QED) is 0.890. The van der Waals surface area contributed by atoms with Crippen molar-refractivity contribution in [1.29, 1.82) is 0 Å². The number of carboxylic acids is 1. The number of hydrogen-bond donors (Lipinski definition) is 1. The molecule has 0 radical (unpaired) electrons. The van der Waals surface area contributed by atoms with Crippen LogP contribution in [0.25, 0.3) is 0 Å². The van der Waals surface area contributed by atoms with E-state index in [2.05, 4.69) is 42.0 Å². The van der Waals surface area contributed by atoms with E-state index in [1.165, 1.54) is 16.9 Å². The second-order valence-corrected chi connectivity index (χ2v) is 4.85. The highest BCUT2D eigenvalue weighted by Gasteiger charge is 2.20. The molecule has 0 atom stereocenters. The van der Waals surface area contributed by atoms with Gasteiger partial charge in [-0.15, -0.1) is 0 Å². The molecule has 0 unspecified atom stereocenters. The van der Waals surface area contributed by atoms with Crippen molar-refractivity contribution in [3.05, 3.63) is 23.8 Å². The highest BCUT2D eigenvalue weighted by atomic mass is 16.4. The highest BCUT2D eigenvalue weighted by molar-refractivity contribution is 5.76. The topological polar surface area (TPSA) is 43.8 Å². The number of anilines is 2. The van der Waals surface area contributed by atoms with Gasteiger partial charge >= 0.3 is 5.97 Å². The lowest BCUT2D eigenvalue weighted by atomic mass is 10.1. The van der Waals surface area contributed by atoms with E-state index in [0.29, 0.717) is 6.54 Å². The summed E-state index contributed by atoms with van der Waals surface area (Å²) in [4.78, 5) is 15.2. The number of rotatable bonds is 3. The van der Waals surface area contributed by atoms with Crippen LogP contribution in [0.5, 0.6) is 0 Å². The maximum absolute atomic E-state index is 10.8. The van der Waals surface area contributed by atoms with Crippen molar-refractivity contribution >= 4 is 17.3 Å². The number of nitrogens with zero attached hydrogens (tertiary/aromatic N) is 2. The number of benzene rings is 1. The number of aryl methyl sites for hydroxylation is 1. The van der Waals surface area contributed by atoms with E-state index >= 15 is 0 Å². The molecule has 4 heteroatoms. The summed E-state index contributed by atoms with van der Waals surface area (Å²) < 4.78 is 0. The molecule has 0 saturated carbocycles. The SMILES string of the molecule is Cc1cccc2c1N(CCC(=O)O)CCCN2C. The third kappa shape index (κ3) is 2.58. The lowest BCUT2D eigenvalue weighted by Gasteiger charge is -2.27. The molecule has 0 bridgehead atoms. The molecule has 0 aromatic heterocycles. The smallest absolute Gasteiger partial charge is 0.305 e. The number of carbonyl (C=O) groups is 1. The van der Waals surface area contributed by atoms with Gasteiger partial charge in [-0.2, -0.15) is 0 Å². The molecule has 1 aliphatic heterocycles. The zero-order valence-electron chi connectivity index (χ0n) is 11.0. The van der Waals surface area contributed by atoms with Crippen LogP contribution in [0, 0.1) is 6.92 Å². The van der Waals surface area contributed by atoms with Crippen LogP contribution >= 0.6 is 0 Å². The second kappa shape index (κ2) is 5.29. The molecule has 0 saturated heterocycles. The van der Waals surface area contributed by atoms with Crippen LogP contribution in [-0.2, 0) is 4.79 Å². The molecule has 1 aromatic carbocycles. The monoisotopic (exact) mass is 248 g/mol. The largest absolute Gasteiger partial charge is 0.481 e. The van der Waals surface area contributed by atoms with E-state index in [0.717, 1.165) is 19.5 Å². The summed E-state index contributed by atoms with van der Waals surface area (Å²) >= 11 is 0. The number of fused-ring (bicyclic) bond motifs is 1. The van der Waals surface area contributed by atoms with Crippen LogP contribution in [0.2, 0.25) is 0 Å². The van der Waals surface area contributed by atoms with E-state index in [1.807, 2.05) is 0 Å². The Morgan fingerprint density at radius 3 is 2.89 bits per heavy atom. The Morgan fingerprint density at radius 1 is 1.39 bits per heavy atom. The average molecular weight is 248 g/mol. The van der Waals surface area contributed by atoms with Gasteiger partial charge in [-0.05, 0) is 25.0 Å². The van der Waals surface area contributed by atoms with Crippen molar-refractivity contribution in [1.82, 2.24) is 0 Å². The van der Waals surface area contributed by atoms with Crippen LogP contribution in [-0.4, -0.2) is 37.8 Å². The molecule has 1 aromatic rings. The van der Waals surface area contributed by atoms with Gasteiger partial charge in [0.25, 0.3) is 0 Å². The first-order valence-corrected chi connectivity index (χ1v) is 6.37. The first-order valence-electron chi connectivity index (χ1n) is 6.37. The third-order valence-corrected chi connectivity index (χ3v) is 3.46. The van der Waals surface area contributed by atoms with Gasteiger partial charge in [-0.1, -0.05) is 12.1 Å². The molecule has 18 heavy (non-hydrogen) atoms. The fraction of sp³-hybridized carbons (Fsp3) is 0.500. The highest BCUT2D eigenvalue weighted by Crippen LogP contribution is 2.34. The number of aliphatic carboxylic acids is 1. The Kier molecular flexibility index (Phi) is 3.75. The van der Waals surface area contributed by atoms with Gasteiger partial charge < -0.3 is 14.9 Å². The van der Waals surface area contributed by atoms with E-state index < -0.39 is 5.97 Å². The zero-order valence-corrected chi connectivity index (χ0v) is 11.0. The molecule has 2 rings (SSSR count). The molecule has 0 amide bonds. The van der Waals surface area contributed by atoms with E-state index in [-0.39, 0.29) is 6.42 Å².